The number of carbonyl (C=O) groups excluding carboxylic acids is 1. The van der Waals surface area contributed by atoms with Crippen molar-refractivity contribution in [1.82, 2.24) is 0 Å². The zero-order chi connectivity index (χ0) is 19.6. The van der Waals surface area contributed by atoms with Crippen LogP contribution in [0.15, 0.2) is 59.7 Å². The Kier molecular flexibility index (Phi) is 5.51. The standard InChI is InChI=1S/C26H30O/c1-18-10-6-8-12-20(18)14-22-16-24(26(3,4)5)17-23(25(22)27)15-21-13-9-7-11-19(21)2/h6-15,24H,16-17H2,1-5H3/b22-14-,23-15+. The Hall–Kier alpha value is -2.41. The van der Waals surface area contributed by atoms with Gasteiger partial charge in [0.05, 0.1) is 0 Å². The molecule has 1 nitrogen and oxygen atoms in total. The van der Waals surface area contributed by atoms with Crippen LogP contribution in [0.5, 0.6) is 0 Å². The van der Waals surface area contributed by atoms with Crippen molar-refractivity contribution >= 4 is 17.9 Å². The lowest BCUT2D eigenvalue weighted by Gasteiger charge is -2.35. The van der Waals surface area contributed by atoms with Crippen molar-refractivity contribution < 1.29 is 4.79 Å². The first kappa shape index (κ1) is 19.4. The Balaban J connectivity index is 2.05. The maximum atomic E-state index is 13.3. The molecule has 1 heteroatoms. The van der Waals surface area contributed by atoms with Gasteiger partial charge in [0.1, 0.15) is 0 Å². The van der Waals surface area contributed by atoms with Crippen LogP contribution in [0.25, 0.3) is 12.2 Å². The molecule has 0 bridgehead atoms. The number of rotatable bonds is 2. The Morgan fingerprint density at radius 3 is 1.56 bits per heavy atom. The van der Waals surface area contributed by atoms with Gasteiger partial charge in [-0.3, -0.25) is 4.79 Å². The Bertz CT molecular complexity index is 838. The molecule has 2 aromatic carbocycles. The second kappa shape index (κ2) is 7.68. The van der Waals surface area contributed by atoms with E-state index in [1.54, 1.807) is 0 Å². The molecule has 1 fully saturated rings. The lowest BCUT2D eigenvalue weighted by atomic mass is 9.68. The predicted molar refractivity (Wildman–Crippen MR) is 115 cm³/mol. The topological polar surface area (TPSA) is 17.1 Å². The summed E-state index contributed by atoms with van der Waals surface area (Å²) in [5.74, 6) is 0.669. The van der Waals surface area contributed by atoms with Crippen molar-refractivity contribution in [2.45, 2.75) is 47.5 Å². The smallest absolute Gasteiger partial charge is 0.185 e. The molecule has 0 aromatic heterocycles. The fraction of sp³-hybridized carbons (Fsp3) is 0.346. The van der Waals surface area contributed by atoms with Gasteiger partial charge >= 0.3 is 0 Å². The van der Waals surface area contributed by atoms with Gasteiger partial charge in [-0.15, -0.1) is 0 Å². The lowest BCUT2D eigenvalue weighted by Crippen LogP contribution is -2.29. The highest BCUT2D eigenvalue weighted by Gasteiger charge is 2.34. The normalized spacial score (nSPS) is 21.1. The first-order chi connectivity index (χ1) is 12.8. The minimum absolute atomic E-state index is 0.163. The average molecular weight is 359 g/mol. The van der Waals surface area contributed by atoms with Gasteiger partial charge in [-0.25, -0.2) is 0 Å². The van der Waals surface area contributed by atoms with Gasteiger partial charge in [0.15, 0.2) is 5.78 Å². The summed E-state index contributed by atoms with van der Waals surface area (Å²) in [6.07, 6.45) is 5.92. The van der Waals surface area contributed by atoms with E-state index in [0.29, 0.717) is 5.92 Å². The molecule has 1 saturated carbocycles. The van der Waals surface area contributed by atoms with Crippen LogP contribution < -0.4 is 0 Å². The van der Waals surface area contributed by atoms with Gasteiger partial charge in [0, 0.05) is 11.1 Å². The molecule has 1 aliphatic carbocycles. The number of ketones is 1. The molecule has 0 radical (unpaired) electrons. The van der Waals surface area contributed by atoms with Crippen molar-refractivity contribution in [3.63, 3.8) is 0 Å². The summed E-state index contributed by atoms with van der Waals surface area (Å²) in [4.78, 5) is 13.3. The fourth-order valence-corrected chi connectivity index (χ4v) is 3.73. The Morgan fingerprint density at radius 1 is 0.778 bits per heavy atom. The molecule has 0 aliphatic heterocycles. The van der Waals surface area contributed by atoms with Crippen LogP contribution in [0.1, 0.15) is 55.9 Å². The van der Waals surface area contributed by atoms with E-state index < -0.39 is 0 Å². The largest absolute Gasteiger partial charge is 0.289 e. The zero-order valence-electron chi connectivity index (χ0n) is 17.2. The third-order valence-electron chi connectivity index (χ3n) is 5.78. The third-order valence-corrected chi connectivity index (χ3v) is 5.78. The molecule has 1 unspecified atom stereocenters. The highest BCUT2D eigenvalue weighted by atomic mass is 16.1. The SMILES string of the molecule is Cc1ccccc1/C=C1/CC(C(C)(C)C)C/C(=C\c2ccccc2C)C1=O. The lowest BCUT2D eigenvalue weighted by molar-refractivity contribution is -0.113. The quantitative estimate of drug-likeness (QED) is 0.540. The van der Waals surface area contributed by atoms with Crippen molar-refractivity contribution in [1.29, 1.82) is 0 Å². The minimum atomic E-state index is 0.163. The Morgan fingerprint density at radius 2 is 1.19 bits per heavy atom. The number of aryl methyl sites for hydroxylation is 2. The molecule has 0 heterocycles. The number of Topliss-reactive ketones (excluding diaryl/α,β-unsaturated/α-hetero) is 1. The highest BCUT2D eigenvalue weighted by Crippen LogP contribution is 2.42. The van der Waals surface area contributed by atoms with Crippen LogP contribution in [-0.2, 0) is 4.79 Å². The first-order valence-electron chi connectivity index (χ1n) is 9.83. The minimum Gasteiger partial charge on any atom is -0.289 e. The van der Waals surface area contributed by atoms with Gasteiger partial charge in [-0.2, -0.15) is 0 Å². The van der Waals surface area contributed by atoms with Crippen LogP contribution in [-0.4, -0.2) is 5.78 Å². The average Bonchev–Trinajstić information content (AvgIpc) is 2.61. The number of allylic oxidation sites excluding steroid dienone is 2. The van der Waals surface area contributed by atoms with E-state index in [0.717, 1.165) is 35.1 Å². The fourth-order valence-electron chi connectivity index (χ4n) is 3.73. The molecule has 0 N–H and O–H groups in total. The molecule has 1 atom stereocenters. The van der Waals surface area contributed by atoms with Crippen LogP contribution in [0.2, 0.25) is 0 Å². The van der Waals surface area contributed by atoms with Crippen LogP contribution >= 0.6 is 0 Å². The van der Waals surface area contributed by atoms with Crippen LogP contribution in [0, 0.1) is 25.2 Å². The summed E-state index contributed by atoms with van der Waals surface area (Å²) in [7, 11) is 0. The van der Waals surface area contributed by atoms with E-state index in [2.05, 4.69) is 71.0 Å². The van der Waals surface area contributed by atoms with Gasteiger partial charge in [0.2, 0.25) is 0 Å². The van der Waals surface area contributed by atoms with E-state index >= 15 is 0 Å². The Labute approximate surface area is 163 Å². The van der Waals surface area contributed by atoms with Crippen molar-refractivity contribution in [3.05, 3.63) is 81.9 Å². The van der Waals surface area contributed by atoms with Crippen LogP contribution in [0.4, 0.5) is 0 Å². The molecule has 1 aliphatic rings. The summed E-state index contributed by atoms with van der Waals surface area (Å²) in [5.41, 5.74) is 6.75. The molecule has 140 valence electrons. The second-order valence-electron chi connectivity index (χ2n) is 8.85. The number of hydrogen-bond donors (Lipinski definition) is 0. The molecule has 0 amide bonds. The monoisotopic (exact) mass is 358 g/mol. The maximum Gasteiger partial charge on any atom is 0.185 e. The first-order valence-corrected chi connectivity index (χ1v) is 9.83. The molecule has 27 heavy (non-hydrogen) atoms. The van der Waals surface area contributed by atoms with Gasteiger partial charge in [-0.1, -0.05) is 69.3 Å². The molecule has 3 rings (SSSR count). The van der Waals surface area contributed by atoms with Crippen LogP contribution in [0.3, 0.4) is 0 Å². The summed E-state index contributed by atoms with van der Waals surface area (Å²) in [5, 5.41) is 0. The summed E-state index contributed by atoms with van der Waals surface area (Å²) < 4.78 is 0. The predicted octanol–water partition coefficient (Wildman–Crippen LogP) is 6.80. The van der Waals surface area contributed by atoms with E-state index in [4.69, 9.17) is 0 Å². The number of carbonyl (C=O) groups is 1. The van der Waals surface area contributed by atoms with Crippen molar-refractivity contribution in [2.75, 3.05) is 0 Å². The molecular formula is C26H30O. The molecule has 0 spiro atoms. The van der Waals surface area contributed by atoms with E-state index in [9.17, 15) is 4.79 Å². The maximum absolute atomic E-state index is 13.3. The van der Waals surface area contributed by atoms with Gasteiger partial charge in [-0.05, 0) is 72.4 Å². The number of hydrogen-bond acceptors (Lipinski definition) is 1. The van der Waals surface area contributed by atoms with Gasteiger partial charge < -0.3 is 0 Å². The van der Waals surface area contributed by atoms with E-state index in [1.807, 2.05) is 24.3 Å². The van der Waals surface area contributed by atoms with E-state index in [1.165, 1.54) is 11.1 Å². The summed E-state index contributed by atoms with van der Waals surface area (Å²) >= 11 is 0. The number of benzene rings is 2. The molecule has 0 saturated heterocycles. The summed E-state index contributed by atoms with van der Waals surface area (Å²) in [6, 6.07) is 16.6. The van der Waals surface area contributed by atoms with Crippen molar-refractivity contribution in [2.24, 2.45) is 11.3 Å². The third kappa shape index (κ3) is 4.47. The van der Waals surface area contributed by atoms with Crippen molar-refractivity contribution in [3.8, 4) is 0 Å². The van der Waals surface area contributed by atoms with Gasteiger partial charge in [0.25, 0.3) is 0 Å². The second-order valence-corrected chi connectivity index (χ2v) is 8.85. The van der Waals surface area contributed by atoms with E-state index in [-0.39, 0.29) is 11.2 Å². The zero-order valence-corrected chi connectivity index (χ0v) is 17.2. The highest BCUT2D eigenvalue weighted by molar-refractivity contribution is 6.14. The summed E-state index contributed by atoms with van der Waals surface area (Å²) in [6.45, 7) is 11.1. The molecular weight excluding hydrogens is 328 g/mol. The molecule has 2 aromatic rings.